The molecule has 0 radical (unpaired) electrons. The van der Waals surface area contributed by atoms with Crippen molar-refractivity contribution in [1.29, 1.82) is 0 Å². The Hall–Kier alpha value is -5.38. The Morgan fingerprint density at radius 1 is 0.543 bits per heavy atom. The van der Waals surface area contributed by atoms with E-state index in [4.69, 9.17) is 4.42 Å². The second kappa shape index (κ2) is 9.32. The van der Waals surface area contributed by atoms with E-state index in [0.29, 0.717) is 0 Å². The smallest absolute Gasteiger partial charge is 0.145 e. The monoisotopic (exact) mass is 607 g/mol. The molecule has 0 saturated carbocycles. The van der Waals surface area contributed by atoms with Crippen LogP contribution in [0.2, 0.25) is 0 Å². The Labute approximate surface area is 270 Å². The van der Waals surface area contributed by atoms with Gasteiger partial charge in [0.15, 0.2) is 0 Å². The summed E-state index contributed by atoms with van der Waals surface area (Å²) in [6, 6.07) is 51.0. The molecule has 46 heavy (non-hydrogen) atoms. The quantitative estimate of drug-likeness (QED) is 0.199. The van der Waals surface area contributed by atoms with Crippen LogP contribution in [0, 0.1) is 0 Å². The summed E-state index contributed by atoms with van der Waals surface area (Å²) in [5.41, 5.74) is 10.5. The molecular weight excluding hydrogens is 579 g/mol. The van der Waals surface area contributed by atoms with Crippen LogP contribution < -0.4 is 4.90 Å². The lowest BCUT2D eigenvalue weighted by Crippen LogP contribution is -2.16. The molecule has 0 saturated heterocycles. The molecule has 9 aromatic rings. The normalized spacial score (nSPS) is 13.6. The minimum atomic E-state index is -0.107. The van der Waals surface area contributed by atoms with E-state index in [9.17, 15) is 0 Å². The molecule has 218 valence electrons. The number of hydrogen-bond acceptors (Lipinski definition) is 3. The Kier molecular flexibility index (Phi) is 5.25. The number of anilines is 3. The average Bonchev–Trinajstić information content (AvgIpc) is 3.73. The molecule has 0 unspecified atom stereocenters. The molecule has 2 nitrogen and oxygen atoms in total. The third-order valence-corrected chi connectivity index (χ3v) is 11.2. The predicted octanol–water partition coefficient (Wildman–Crippen LogP) is 12.9. The van der Waals surface area contributed by atoms with Crippen LogP contribution in [0.25, 0.3) is 64.0 Å². The summed E-state index contributed by atoms with van der Waals surface area (Å²) in [5, 5.41) is 7.15. The van der Waals surface area contributed by atoms with Gasteiger partial charge in [0, 0.05) is 47.7 Å². The molecule has 0 bridgehead atoms. The van der Waals surface area contributed by atoms with Crippen molar-refractivity contribution in [3.05, 3.63) is 151 Å². The van der Waals surface area contributed by atoms with Crippen molar-refractivity contribution in [1.82, 2.24) is 0 Å². The Bertz CT molecular complexity index is 2690. The third-order valence-electron chi connectivity index (χ3n) is 10.0. The van der Waals surface area contributed by atoms with Crippen LogP contribution in [-0.4, -0.2) is 0 Å². The van der Waals surface area contributed by atoms with E-state index in [0.717, 1.165) is 49.8 Å². The second-order valence-electron chi connectivity index (χ2n) is 12.9. The van der Waals surface area contributed by atoms with Crippen molar-refractivity contribution < 1.29 is 4.42 Å². The highest BCUT2D eigenvalue weighted by Crippen LogP contribution is 2.52. The van der Waals surface area contributed by atoms with Gasteiger partial charge < -0.3 is 9.32 Å². The molecule has 0 N–H and O–H groups in total. The summed E-state index contributed by atoms with van der Waals surface area (Å²) in [6.07, 6.45) is 0. The Morgan fingerprint density at radius 2 is 1.22 bits per heavy atom. The summed E-state index contributed by atoms with van der Waals surface area (Å²) in [6.45, 7) is 4.71. The number of para-hydroxylation sites is 1. The molecule has 1 aliphatic rings. The molecule has 0 aliphatic heterocycles. The van der Waals surface area contributed by atoms with Crippen molar-refractivity contribution >= 4 is 81.3 Å². The lowest BCUT2D eigenvalue weighted by molar-refractivity contribution is 0.660. The average molecular weight is 608 g/mol. The fourth-order valence-corrected chi connectivity index (χ4v) is 8.97. The highest BCUT2D eigenvalue weighted by atomic mass is 32.1. The summed E-state index contributed by atoms with van der Waals surface area (Å²) in [4.78, 5) is 2.46. The van der Waals surface area contributed by atoms with Crippen molar-refractivity contribution in [2.24, 2.45) is 0 Å². The van der Waals surface area contributed by atoms with E-state index in [-0.39, 0.29) is 5.41 Å². The number of fused-ring (bicyclic) bond motifs is 11. The number of nitrogens with zero attached hydrogens (tertiary/aromatic N) is 1. The van der Waals surface area contributed by atoms with Gasteiger partial charge in [-0.2, -0.15) is 0 Å². The van der Waals surface area contributed by atoms with Crippen LogP contribution in [0.5, 0.6) is 0 Å². The first-order chi connectivity index (χ1) is 22.6. The van der Waals surface area contributed by atoms with Crippen LogP contribution in [0.4, 0.5) is 17.1 Å². The molecule has 0 fully saturated rings. The first-order valence-electron chi connectivity index (χ1n) is 15.9. The zero-order valence-corrected chi connectivity index (χ0v) is 26.4. The largest absolute Gasteiger partial charge is 0.455 e. The molecule has 2 heterocycles. The highest BCUT2D eigenvalue weighted by molar-refractivity contribution is 7.25. The summed E-state index contributed by atoms with van der Waals surface area (Å²) in [5.74, 6) is 0. The zero-order valence-electron chi connectivity index (χ0n) is 25.5. The fourth-order valence-electron chi connectivity index (χ4n) is 7.83. The van der Waals surface area contributed by atoms with Gasteiger partial charge in [0.25, 0.3) is 0 Å². The molecule has 0 amide bonds. The van der Waals surface area contributed by atoms with Crippen molar-refractivity contribution in [2.75, 3.05) is 4.90 Å². The zero-order chi connectivity index (χ0) is 30.6. The molecule has 1 aliphatic carbocycles. The fraction of sp³-hybridized carbons (Fsp3) is 0.0698. The van der Waals surface area contributed by atoms with Gasteiger partial charge >= 0.3 is 0 Å². The van der Waals surface area contributed by atoms with Gasteiger partial charge in [-0.15, -0.1) is 11.3 Å². The van der Waals surface area contributed by atoms with Gasteiger partial charge in [-0.1, -0.05) is 111 Å². The number of rotatable bonds is 3. The van der Waals surface area contributed by atoms with Gasteiger partial charge in [0.1, 0.15) is 11.2 Å². The molecule has 2 aromatic heterocycles. The van der Waals surface area contributed by atoms with Gasteiger partial charge in [-0.3, -0.25) is 0 Å². The van der Waals surface area contributed by atoms with Crippen molar-refractivity contribution in [3.8, 4) is 11.1 Å². The van der Waals surface area contributed by atoms with Crippen LogP contribution in [0.1, 0.15) is 25.0 Å². The van der Waals surface area contributed by atoms with E-state index in [2.05, 4.69) is 158 Å². The van der Waals surface area contributed by atoms with Gasteiger partial charge in [0.05, 0.1) is 11.1 Å². The Morgan fingerprint density at radius 3 is 2.13 bits per heavy atom. The van der Waals surface area contributed by atoms with Gasteiger partial charge in [-0.25, -0.2) is 0 Å². The molecule has 7 aromatic carbocycles. The van der Waals surface area contributed by atoms with E-state index < -0.39 is 0 Å². The van der Waals surface area contributed by atoms with Crippen molar-refractivity contribution in [2.45, 2.75) is 19.3 Å². The van der Waals surface area contributed by atoms with Crippen LogP contribution in [0.15, 0.2) is 144 Å². The van der Waals surface area contributed by atoms with Crippen LogP contribution >= 0.6 is 11.3 Å². The minimum Gasteiger partial charge on any atom is -0.455 e. The van der Waals surface area contributed by atoms with E-state index in [1.54, 1.807) is 0 Å². The lowest BCUT2D eigenvalue weighted by Gasteiger charge is -2.29. The molecule has 0 spiro atoms. The highest BCUT2D eigenvalue weighted by Gasteiger charge is 2.36. The van der Waals surface area contributed by atoms with E-state index in [1.807, 2.05) is 11.3 Å². The van der Waals surface area contributed by atoms with Crippen LogP contribution in [0.3, 0.4) is 0 Å². The first-order valence-corrected chi connectivity index (χ1v) is 16.7. The topological polar surface area (TPSA) is 16.4 Å². The molecule has 3 heteroatoms. The minimum absolute atomic E-state index is 0.107. The predicted molar refractivity (Wildman–Crippen MR) is 196 cm³/mol. The lowest BCUT2D eigenvalue weighted by atomic mass is 9.82. The SMILES string of the molecule is CC1(C)c2ccccc2-c2ccc(N(c3ccc4c(c3)sc3ccccc34)c3cc4ccccc4c4oc5ccccc5c34)cc21. The van der Waals surface area contributed by atoms with Crippen molar-refractivity contribution in [3.63, 3.8) is 0 Å². The standard InChI is InChI=1S/C43H29NOS/c1-43(2)35-16-8-5-13-30(35)31-21-19-27(24-36(31)43)44(28-20-22-33-32-14-7-10-18-39(32)46-40(33)25-28)37-23-26-11-3-4-12-29(26)42-41(37)34-15-6-9-17-38(34)45-42/h3-25H,1-2H3. The second-order valence-corrected chi connectivity index (χ2v) is 14.0. The first kappa shape index (κ1) is 25.9. The third kappa shape index (κ3) is 3.52. The molecular formula is C43H29NOS. The number of benzene rings is 7. The number of hydrogen-bond donors (Lipinski definition) is 0. The maximum Gasteiger partial charge on any atom is 0.145 e. The summed E-state index contributed by atoms with van der Waals surface area (Å²) < 4.78 is 9.26. The molecule has 0 atom stereocenters. The van der Waals surface area contributed by atoms with E-state index in [1.165, 1.54) is 42.4 Å². The molecule has 10 rings (SSSR count). The Balaban J connectivity index is 1.30. The number of thiophene rings is 1. The van der Waals surface area contributed by atoms with Gasteiger partial charge in [-0.05, 0) is 70.1 Å². The van der Waals surface area contributed by atoms with E-state index >= 15 is 0 Å². The number of furan rings is 1. The summed E-state index contributed by atoms with van der Waals surface area (Å²) >= 11 is 1.86. The van der Waals surface area contributed by atoms with Gasteiger partial charge in [0.2, 0.25) is 0 Å². The summed E-state index contributed by atoms with van der Waals surface area (Å²) in [7, 11) is 0. The van der Waals surface area contributed by atoms with Crippen LogP contribution in [-0.2, 0) is 5.41 Å². The maximum absolute atomic E-state index is 6.66. The maximum atomic E-state index is 6.66.